The van der Waals surface area contributed by atoms with Crippen LogP contribution < -0.4 is 10.1 Å². The molecule has 0 aliphatic heterocycles. The molecule has 2 N–H and O–H groups in total. The van der Waals surface area contributed by atoms with E-state index in [1.807, 2.05) is 45.9 Å². The van der Waals surface area contributed by atoms with E-state index in [-0.39, 0.29) is 13.4 Å². The molecule has 8 heteroatoms. The highest BCUT2D eigenvalue weighted by molar-refractivity contribution is 7.99. The van der Waals surface area contributed by atoms with E-state index < -0.39 is 17.2 Å². The third-order valence-electron chi connectivity index (χ3n) is 6.27. The number of methoxy groups -OCH3 is 1. The van der Waals surface area contributed by atoms with Crippen LogP contribution in [0.2, 0.25) is 5.02 Å². The molecule has 0 radical (unpaired) electrons. The van der Waals surface area contributed by atoms with Gasteiger partial charge in [0.2, 0.25) is 0 Å². The number of carbonyl (C=O) groups is 1. The molecule has 1 fully saturated rings. The highest BCUT2D eigenvalue weighted by atomic mass is 35.5. The molecule has 1 amide bonds. The van der Waals surface area contributed by atoms with Gasteiger partial charge in [-0.2, -0.15) is 0 Å². The first-order valence-corrected chi connectivity index (χ1v) is 14.1. The number of aryl methyl sites for hydroxylation is 1. The fourth-order valence-electron chi connectivity index (χ4n) is 4.26. The lowest BCUT2D eigenvalue weighted by molar-refractivity contribution is 0.0373. The molecular formula is C29H40ClNO5S. The number of rotatable bonds is 13. The number of hydrogen-bond donors (Lipinski definition) is 2. The summed E-state index contributed by atoms with van der Waals surface area (Å²) in [6.45, 7) is 7.51. The van der Waals surface area contributed by atoms with Crippen LogP contribution in [0.15, 0.2) is 46.2 Å². The Morgan fingerprint density at radius 1 is 1.16 bits per heavy atom. The topological polar surface area (TPSA) is 77.0 Å². The van der Waals surface area contributed by atoms with E-state index in [9.17, 15) is 9.90 Å². The Bertz CT molecular complexity index is 1050. The van der Waals surface area contributed by atoms with Crippen molar-refractivity contribution >= 4 is 29.5 Å². The normalized spacial score (nSPS) is 15.2. The molecule has 1 unspecified atom stereocenters. The molecule has 37 heavy (non-hydrogen) atoms. The van der Waals surface area contributed by atoms with Crippen LogP contribution in [0.3, 0.4) is 0 Å². The summed E-state index contributed by atoms with van der Waals surface area (Å²) in [6.07, 6.45) is 4.55. The van der Waals surface area contributed by atoms with E-state index >= 15 is 0 Å². The van der Waals surface area contributed by atoms with Crippen molar-refractivity contribution in [1.29, 1.82) is 0 Å². The molecule has 1 saturated carbocycles. The molecule has 0 saturated heterocycles. The van der Waals surface area contributed by atoms with Gasteiger partial charge in [-0.25, -0.2) is 4.79 Å². The highest BCUT2D eigenvalue weighted by Gasteiger charge is 2.32. The average molecular weight is 550 g/mol. The number of nitrogens with one attached hydrogen (secondary N) is 1. The summed E-state index contributed by atoms with van der Waals surface area (Å²) in [5, 5.41) is 13.8. The smallest absolute Gasteiger partial charge is 0.408 e. The van der Waals surface area contributed by atoms with Crippen LogP contribution >= 0.6 is 23.4 Å². The Kier molecular flexibility index (Phi) is 10.6. The molecule has 1 atom stereocenters. The molecule has 0 bridgehead atoms. The lowest BCUT2D eigenvalue weighted by Crippen LogP contribution is -2.53. The first-order chi connectivity index (χ1) is 17.6. The van der Waals surface area contributed by atoms with Crippen molar-refractivity contribution in [2.75, 3.05) is 20.5 Å². The first kappa shape index (κ1) is 29.6. The van der Waals surface area contributed by atoms with E-state index in [0.717, 1.165) is 27.5 Å². The minimum atomic E-state index is -0.773. The minimum absolute atomic E-state index is 0.173. The lowest BCUT2D eigenvalue weighted by atomic mass is 9.87. The maximum absolute atomic E-state index is 12.5. The first-order valence-electron chi connectivity index (χ1n) is 12.9. The third kappa shape index (κ3) is 9.10. The van der Waals surface area contributed by atoms with E-state index in [1.165, 1.54) is 18.4 Å². The Morgan fingerprint density at radius 2 is 1.92 bits per heavy atom. The Morgan fingerprint density at radius 3 is 2.51 bits per heavy atom. The van der Waals surface area contributed by atoms with Gasteiger partial charge < -0.3 is 24.6 Å². The second kappa shape index (κ2) is 13.2. The second-order valence-corrected chi connectivity index (χ2v) is 12.2. The molecule has 1 aliphatic rings. The van der Waals surface area contributed by atoms with Crippen LogP contribution in [0.25, 0.3) is 0 Å². The zero-order valence-electron chi connectivity index (χ0n) is 22.6. The van der Waals surface area contributed by atoms with Gasteiger partial charge in [0.05, 0.1) is 17.0 Å². The lowest BCUT2D eigenvalue weighted by Gasteiger charge is -2.34. The number of benzene rings is 2. The second-order valence-electron chi connectivity index (χ2n) is 10.7. The molecule has 2 aromatic carbocycles. The van der Waals surface area contributed by atoms with Gasteiger partial charge >= 0.3 is 6.09 Å². The summed E-state index contributed by atoms with van der Waals surface area (Å²) in [6, 6.07) is 12.4. The minimum Gasteiger partial charge on any atom is -0.466 e. The van der Waals surface area contributed by atoms with Crippen LogP contribution in [0.5, 0.6) is 5.75 Å². The van der Waals surface area contributed by atoms with Gasteiger partial charge in [0.25, 0.3) is 0 Å². The van der Waals surface area contributed by atoms with Crippen LogP contribution in [-0.4, -0.2) is 42.8 Å². The monoisotopic (exact) mass is 549 g/mol. The fraction of sp³-hybridized carbons (Fsp3) is 0.552. The number of hydrogen-bond acceptors (Lipinski definition) is 6. The van der Waals surface area contributed by atoms with E-state index in [2.05, 4.69) is 23.5 Å². The summed E-state index contributed by atoms with van der Waals surface area (Å²) >= 11 is 8.33. The zero-order valence-corrected chi connectivity index (χ0v) is 24.1. The van der Waals surface area contributed by atoms with Crippen molar-refractivity contribution in [3.8, 4) is 5.75 Å². The van der Waals surface area contributed by atoms with Gasteiger partial charge in [-0.05, 0) is 94.2 Å². The maximum Gasteiger partial charge on any atom is 0.408 e. The summed E-state index contributed by atoms with van der Waals surface area (Å²) in [7, 11) is 1.61. The Labute approximate surface area is 230 Å². The van der Waals surface area contributed by atoms with Gasteiger partial charge in [0.1, 0.15) is 11.4 Å². The molecule has 6 nitrogen and oxygen atoms in total. The van der Waals surface area contributed by atoms with Crippen molar-refractivity contribution in [3.63, 3.8) is 0 Å². The van der Waals surface area contributed by atoms with E-state index in [0.29, 0.717) is 30.2 Å². The fourth-order valence-corrected chi connectivity index (χ4v) is 5.59. The van der Waals surface area contributed by atoms with Gasteiger partial charge in [0, 0.05) is 17.0 Å². The van der Waals surface area contributed by atoms with Crippen molar-refractivity contribution in [2.45, 2.75) is 93.1 Å². The number of ether oxygens (including phenoxy) is 3. The summed E-state index contributed by atoms with van der Waals surface area (Å²) in [5.41, 5.74) is 0.920. The number of halogens is 1. The zero-order chi connectivity index (χ0) is 27.1. The van der Waals surface area contributed by atoms with E-state index in [1.54, 1.807) is 18.9 Å². The SMILES string of the molecule is CCCC(CO)(CCc1ccc(Sc2cc(C3CC3)ccc2OCOC)cc1Cl)NC(=O)OC(C)(C)C. The van der Waals surface area contributed by atoms with Crippen molar-refractivity contribution in [3.05, 3.63) is 52.5 Å². The third-order valence-corrected chi connectivity index (χ3v) is 7.65. The van der Waals surface area contributed by atoms with E-state index in [4.69, 9.17) is 25.8 Å². The van der Waals surface area contributed by atoms with Gasteiger partial charge in [-0.3, -0.25) is 0 Å². The molecule has 1 aliphatic carbocycles. The number of amides is 1. The summed E-state index contributed by atoms with van der Waals surface area (Å²) in [4.78, 5) is 14.5. The quantitative estimate of drug-likeness (QED) is 0.254. The highest BCUT2D eigenvalue weighted by Crippen LogP contribution is 2.44. The predicted octanol–water partition coefficient (Wildman–Crippen LogP) is 7.34. The van der Waals surface area contributed by atoms with Crippen molar-refractivity contribution in [1.82, 2.24) is 5.32 Å². The standard InChI is InChI=1S/C29H40ClNO5S/c1-6-14-29(18-32,31-27(33)36-28(2,3)4)15-13-21-9-11-23(17-24(21)30)37-26-16-22(20-7-8-20)10-12-25(26)35-19-34-5/h9-12,16-17,20,32H,6-8,13-15,18-19H2,1-5H3,(H,31,33). The average Bonchev–Trinajstić information content (AvgIpc) is 3.67. The number of aliphatic hydroxyl groups is 1. The number of alkyl carbamates (subject to hydrolysis) is 1. The molecule has 0 spiro atoms. The van der Waals surface area contributed by atoms with Crippen LogP contribution in [0.4, 0.5) is 4.79 Å². The van der Waals surface area contributed by atoms with Gasteiger partial charge in [-0.1, -0.05) is 48.8 Å². The summed E-state index contributed by atoms with van der Waals surface area (Å²) < 4.78 is 16.3. The van der Waals surface area contributed by atoms with Crippen molar-refractivity contribution < 1.29 is 24.1 Å². The van der Waals surface area contributed by atoms with Crippen molar-refractivity contribution in [2.24, 2.45) is 0 Å². The molecule has 3 rings (SSSR count). The molecule has 0 heterocycles. The van der Waals surface area contributed by atoms with Crippen LogP contribution in [0.1, 0.15) is 76.8 Å². The molecule has 204 valence electrons. The largest absolute Gasteiger partial charge is 0.466 e. The van der Waals surface area contributed by atoms with Gasteiger partial charge in [0.15, 0.2) is 6.79 Å². The number of carbonyl (C=O) groups excluding carboxylic acids is 1. The predicted molar refractivity (Wildman–Crippen MR) is 149 cm³/mol. The molecule has 0 aromatic heterocycles. The Hall–Kier alpha value is -1.93. The number of aliphatic hydroxyl groups excluding tert-OH is 1. The Balaban J connectivity index is 1.72. The van der Waals surface area contributed by atoms with Crippen LogP contribution in [0, 0.1) is 0 Å². The van der Waals surface area contributed by atoms with Gasteiger partial charge in [-0.15, -0.1) is 0 Å². The maximum atomic E-state index is 12.5. The molecule has 2 aromatic rings. The van der Waals surface area contributed by atoms with Crippen LogP contribution in [-0.2, 0) is 15.9 Å². The summed E-state index contributed by atoms with van der Waals surface area (Å²) in [5.74, 6) is 1.43. The molecular weight excluding hydrogens is 510 g/mol.